The lowest BCUT2D eigenvalue weighted by Gasteiger charge is -2.20. The number of benzene rings is 1. The smallest absolute Gasteiger partial charge is 0.203 e. The Morgan fingerprint density at radius 2 is 1.83 bits per heavy atom. The van der Waals surface area contributed by atoms with Crippen LogP contribution in [-0.4, -0.2) is 49.8 Å². The number of aliphatic hydroxyl groups is 3. The molecule has 0 amide bonds. The highest BCUT2D eigenvalue weighted by Crippen LogP contribution is 2.32. The van der Waals surface area contributed by atoms with E-state index in [2.05, 4.69) is 4.98 Å². The molecule has 0 saturated carbocycles. The standard InChI is InChI=1S/C15H18N4O4S/c16-8-3-1-7(2-4-8)9-5-19(15(24)18-13(9)17)14-12(22)11(21)10(6-20)23-14/h1-5,10-12,14,20-22H,6,16H2,(H2,17,18,24)/t10-,11-,12-,14-/m1/s1. The summed E-state index contributed by atoms with van der Waals surface area (Å²) in [5.74, 6) is 0.229. The van der Waals surface area contributed by atoms with Crippen LogP contribution in [0, 0.1) is 4.77 Å². The fourth-order valence-electron chi connectivity index (χ4n) is 2.66. The molecule has 128 valence electrons. The lowest BCUT2D eigenvalue weighted by Crippen LogP contribution is -2.33. The molecule has 24 heavy (non-hydrogen) atoms. The van der Waals surface area contributed by atoms with Gasteiger partial charge in [0.1, 0.15) is 24.1 Å². The Bertz CT molecular complexity index is 795. The summed E-state index contributed by atoms with van der Waals surface area (Å²) in [5.41, 5.74) is 13.6. The fourth-order valence-corrected chi connectivity index (χ4v) is 2.91. The molecule has 0 aliphatic carbocycles. The second kappa shape index (κ2) is 6.46. The molecule has 0 radical (unpaired) electrons. The molecule has 9 heteroatoms. The monoisotopic (exact) mass is 350 g/mol. The van der Waals surface area contributed by atoms with Crippen molar-refractivity contribution in [1.82, 2.24) is 9.55 Å². The summed E-state index contributed by atoms with van der Waals surface area (Å²) in [6.45, 7) is -0.421. The van der Waals surface area contributed by atoms with E-state index in [4.69, 9.17) is 28.4 Å². The van der Waals surface area contributed by atoms with E-state index in [9.17, 15) is 15.3 Å². The molecule has 1 aliphatic heterocycles. The van der Waals surface area contributed by atoms with Crippen LogP contribution in [0.3, 0.4) is 0 Å². The van der Waals surface area contributed by atoms with Gasteiger partial charge in [-0.3, -0.25) is 4.57 Å². The number of nitrogens with two attached hydrogens (primary N) is 2. The highest BCUT2D eigenvalue weighted by molar-refractivity contribution is 7.71. The molecule has 3 rings (SSSR count). The number of nitrogens with zero attached hydrogens (tertiary/aromatic N) is 2. The minimum atomic E-state index is -1.25. The molecule has 1 aromatic heterocycles. The minimum Gasteiger partial charge on any atom is -0.399 e. The molecule has 0 unspecified atom stereocenters. The third kappa shape index (κ3) is 2.87. The zero-order valence-corrected chi connectivity index (χ0v) is 13.4. The molecule has 1 saturated heterocycles. The van der Waals surface area contributed by atoms with Gasteiger partial charge in [-0.05, 0) is 29.9 Å². The minimum absolute atomic E-state index is 0.0986. The quantitative estimate of drug-likeness (QED) is 0.387. The molecule has 1 fully saturated rings. The third-order valence-electron chi connectivity index (χ3n) is 3.99. The average molecular weight is 350 g/mol. The van der Waals surface area contributed by atoms with E-state index in [0.29, 0.717) is 11.3 Å². The van der Waals surface area contributed by atoms with Crippen LogP contribution in [0.5, 0.6) is 0 Å². The summed E-state index contributed by atoms with van der Waals surface area (Å²) in [5, 5.41) is 29.3. The molecule has 0 spiro atoms. The Kier molecular flexibility index (Phi) is 4.52. The van der Waals surface area contributed by atoms with Crippen LogP contribution in [0.25, 0.3) is 11.1 Å². The SMILES string of the molecule is Nc1ccc(-c2cn([C@@H]3O[C@H](CO)[C@@H](O)[C@H]3O)c(=S)nc2N)cc1. The molecular formula is C15H18N4O4S. The summed E-state index contributed by atoms with van der Waals surface area (Å²) in [4.78, 5) is 4.12. The largest absolute Gasteiger partial charge is 0.399 e. The molecule has 0 bridgehead atoms. The summed E-state index contributed by atoms with van der Waals surface area (Å²) in [7, 11) is 0. The van der Waals surface area contributed by atoms with E-state index >= 15 is 0 Å². The van der Waals surface area contributed by atoms with Crippen molar-refractivity contribution >= 4 is 23.7 Å². The first-order valence-corrected chi connectivity index (χ1v) is 7.70. The van der Waals surface area contributed by atoms with E-state index in [1.165, 1.54) is 4.57 Å². The van der Waals surface area contributed by atoms with Gasteiger partial charge in [-0.15, -0.1) is 0 Å². The predicted molar refractivity (Wildman–Crippen MR) is 90.3 cm³/mol. The maximum absolute atomic E-state index is 10.2. The van der Waals surface area contributed by atoms with E-state index in [0.717, 1.165) is 5.56 Å². The number of hydrogen-bond acceptors (Lipinski definition) is 8. The number of anilines is 2. The number of nitrogen functional groups attached to an aromatic ring is 2. The first-order chi connectivity index (χ1) is 11.4. The second-order valence-electron chi connectivity index (χ2n) is 5.58. The summed E-state index contributed by atoms with van der Waals surface area (Å²) in [6.07, 6.45) is -2.73. The second-order valence-corrected chi connectivity index (χ2v) is 5.95. The topological polar surface area (TPSA) is 140 Å². The molecule has 4 atom stereocenters. The number of aromatic nitrogens is 2. The zero-order chi connectivity index (χ0) is 17.4. The van der Waals surface area contributed by atoms with Crippen molar-refractivity contribution in [2.24, 2.45) is 0 Å². The molecule has 2 aromatic rings. The molecule has 1 aliphatic rings. The van der Waals surface area contributed by atoms with E-state index in [1.54, 1.807) is 30.5 Å². The lowest BCUT2D eigenvalue weighted by atomic mass is 10.1. The van der Waals surface area contributed by atoms with Crippen molar-refractivity contribution in [2.45, 2.75) is 24.5 Å². The van der Waals surface area contributed by atoms with Crippen molar-refractivity contribution in [1.29, 1.82) is 0 Å². The van der Waals surface area contributed by atoms with E-state index in [-0.39, 0.29) is 10.6 Å². The van der Waals surface area contributed by atoms with Gasteiger partial charge in [0.05, 0.1) is 6.61 Å². The van der Waals surface area contributed by atoms with E-state index in [1.807, 2.05) is 0 Å². The zero-order valence-electron chi connectivity index (χ0n) is 12.6. The van der Waals surface area contributed by atoms with E-state index < -0.39 is 31.1 Å². The maximum atomic E-state index is 10.2. The number of aliphatic hydroxyl groups excluding tert-OH is 3. The Balaban J connectivity index is 2.05. The first-order valence-electron chi connectivity index (χ1n) is 7.29. The van der Waals surface area contributed by atoms with Crippen LogP contribution in [0.2, 0.25) is 0 Å². The average Bonchev–Trinajstić information content (AvgIpc) is 2.84. The van der Waals surface area contributed by atoms with Gasteiger partial charge >= 0.3 is 0 Å². The van der Waals surface area contributed by atoms with Crippen LogP contribution in [0.1, 0.15) is 6.23 Å². The molecule has 2 heterocycles. The van der Waals surface area contributed by atoms with Crippen molar-refractivity contribution in [3.8, 4) is 11.1 Å². The summed E-state index contributed by atoms with van der Waals surface area (Å²) in [6, 6.07) is 7.03. The van der Waals surface area contributed by atoms with Crippen LogP contribution in [0.15, 0.2) is 30.5 Å². The Morgan fingerprint density at radius 1 is 1.17 bits per heavy atom. The number of ether oxygens (including phenoxy) is 1. The van der Waals surface area contributed by atoms with Gasteiger partial charge in [-0.25, -0.2) is 4.98 Å². The van der Waals surface area contributed by atoms with Crippen LogP contribution < -0.4 is 11.5 Å². The number of rotatable bonds is 3. The van der Waals surface area contributed by atoms with Gasteiger partial charge in [0.15, 0.2) is 6.23 Å². The maximum Gasteiger partial charge on any atom is 0.203 e. The first kappa shape index (κ1) is 16.8. The van der Waals surface area contributed by atoms with Crippen LogP contribution >= 0.6 is 12.2 Å². The number of hydrogen-bond donors (Lipinski definition) is 5. The van der Waals surface area contributed by atoms with Gasteiger partial charge in [0.2, 0.25) is 4.77 Å². The Morgan fingerprint density at radius 3 is 2.42 bits per heavy atom. The Hall–Kier alpha value is -2.04. The van der Waals surface area contributed by atoms with Crippen molar-refractivity contribution in [2.75, 3.05) is 18.1 Å². The fraction of sp³-hybridized carbons (Fsp3) is 0.333. The van der Waals surface area contributed by atoms with Crippen molar-refractivity contribution < 1.29 is 20.1 Å². The molecule has 1 aromatic carbocycles. The van der Waals surface area contributed by atoms with Gasteiger partial charge < -0.3 is 31.5 Å². The summed E-state index contributed by atoms with van der Waals surface area (Å²) >= 11 is 5.19. The normalized spacial score (nSPS) is 26.6. The molecule has 7 N–H and O–H groups in total. The van der Waals surface area contributed by atoms with Gasteiger partial charge in [0.25, 0.3) is 0 Å². The van der Waals surface area contributed by atoms with Crippen LogP contribution in [0.4, 0.5) is 11.5 Å². The third-order valence-corrected chi connectivity index (χ3v) is 4.30. The van der Waals surface area contributed by atoms with Crippen molar-refractivity contribution in [3.63, 3.8) is 0 Å². The van der Waals surface area contributed by atoms with Gasteiger partial charge in [-0.1, -0.05) is 12.1 Å². The van der Waals surface area contributed by atoms with Crippen molar-refractivity contribution in [3.05, 3.63) is 35.2 Å². The Labute approximate surface area is 142 Å². The predicted octanol–water partition coefficient (Wildman–Crippen LogP) is 0.0555. The lowest BCUT2D eigenvalue weighted by molar-refractivity contribution is -0.0540. The molecular weight excluding hydrogens is 332 g/mol. The van der Waals surface area contributed by atoms with Gasteiger partial charge in [-0.2, -0.15) is 0 Å². The highest BCUT2D eigenvalue weighted by Gasteiger charge is 2.43. The highest BCUT2D eigenvalue weighted by atomic mass is 32.1. The van der Waals surface area contributed by atoms with Crippen LogP contribution in [-0.2, 0) is 4.74 Å². The summed E-state index contributed by atoms with van der Waals surface area (Å²) < 4.78 is 7.01. The molecule has 8 nitrogen and oxygen atoms in total. The van der Waals surface area contributed by atoms with Gasteiger partial charge in [0, 0.05) is 17.4 Å².